The zero-order chi connectivity index (χ0) is 16.4. The van der Waals surface area contributed by atoms with Gasteiger partial charge in [0, 0.05) is 31.3 Å². The summed E-state index contributed by atoms with van der Waals surface area (Å²) in [5.41, 5.74) is 0.380. The Labute approximate surface area is 139 Å². The summed E-state index contributed by atoms with van der Waals surface area (Å²) in [4.78, 5) is 10.6. The van der Waals surface area contributed by atoms with Gasteiger partial charge in [-0.15, -0.1) is 0 Å². The minimum absolute atomic E-state index is 0.202. The molecule has 0 N–H and O–H groups in total. The number of anilines is 1. The lowest BCUT2D eigenvalue weighted by Crippen LogP contribution is -2.38. The first-order valence-corrected chi connectivity index (χ1v) is 8.17. The molecule has 1 aliphatic rings. The highest BCUT2D eigenvalue weighted by Gasteiger charge is 2.23. The largest absolute Gasteiger partial charge is 0.490 e. The molecular weight excluding hydrogens is 305 g/mol. The van der Waals surface area contributed by atoms with Crippen LogP contribution in [0.2, 0.25) is 0 Å². The minimum Gasteiger partial charge on any atom is -0.490 e. The average Bonchev–Trinajstić information content (AvgIpc) is 2.63. The van der Waals surface area contributed by atoms with Crippen LogP contribution in [0.1, 0.15) is 12.8 Å². The first kappa shape index (κ1) is 14.9. The van der Waals surface area contributed by atoms with Crippen LogP contribution in [0, 0.1) is 5.82 Å². The van der Waals surface area contributed by atoms with Crippen molar-refractivity contribution in [3.05, 3.63) is 60.7 Å². The third-order valence-electron chi connectivity index (χ3n) is 4.38. The van der Waals surface area contributed by atoms with Crippen LogP contribution >= 0.6 is 0 Å². The van der Waals surface area contributed by atoms with Gasteiger partial charge in [-0.3, -0.25) is 0 Å². The van der Waals surface area contributed by atoms with Gasteiger partial charge in [0.1, 0.15) is 35.3 Å². The Morgan fingerprint density at radius 1 is 0.958 bits per heavy atom. The van der Waals surface area contributed by atoms with E-state index >= 15 is 0 Å². The molecule has 1 aliphatic heterocycles. The lowest BCUT2D eigenvalue weighted by Gasteiger charge is -2.33. The van der Waals surface area contributed by atoms with Crippen molar-refractivity contribution in [3.8, 4) is 5.75 Å². The van der Waals surface area contributed by atoms with Crippen molar-refractivity contribution in [2.24, 2.45) is 0 Å². The number of piperidine rings is 1. The molecule has 3 aromatic rings. The topological polar surface area (TPSA) is 38.2 Å². The van der Waals surface area contributed by atoms with Crippen molar-refractivity contribution in [1.29, 1.82) is 0 Å². The molecule has 4 rings (SSSR count). The van der Waals surface area contributed by atoms with E-state index in [4.69, 9.17) is 4.74 Å². The standard InChI is InChI=1S/C19H18FN3O/c20-17-8-4-7-16-18(17)21-13-22-19(16)23-11-9-15(10-12-23)24-14-5-2-1-3-6-14/h1-8,13,15H,9-12H2. The van der Waals surface area contributed by atoms with Gasteiger partial charge >= 0.3 is 0 Å². The summed E-state index contributed by atoms with van der Waals surface area (Å²) >= 11 is 0. The van der Waals surface area contributed by atoms with Crippen molar-refractivity contribution >= 4 is 16.7 Å². The maximum absolute atomic E-state index is 13.9. The summed E-state index contributed by atoms with van der Waals surface area (Å²) in [5.74, 6) is 1.40. The number of aromatic nitrogens is 2. The summed E-state index contributed by atoms with van der Waals surface area (Å²) in [6, 6.07) is 14.9. The van der Waals surface area contributed by atoms with Gasteiger partial charge in [-0.25, -0.2) is 14.4 Å². The Morgan fingerprint density at radius 2 is 1.75 bits per heavy atom. The van der Waals surface area contributed by atoms with Crippen molar-refractivity contribution in [2.75, 3.05) is 18.0 Å². The van der Waals surface area contributed by atoms with E-state index in [0.717, 1.165) is 42.9 Å². The second-order valence-corrected chi connectivity index (χ2v) is 5.95. The number of nitrogens with zero attached hydrogens (tertiary/aromatic N) is 3. The van der Waals surface area contributed by atoms with Crippen molar-refractivity contribution in [2.45, 2.75) is 18.9 Å². The first-order chi connectivity index (χ1) is 11.8. The highest BCUT2D eigenvalue weighted by molar-refractivity contribution is 5.89. The van der Waals surface area contributed by atoms with E-state index in [1.54, 1.807) is 6.07 Å². The number of rotatable bonds is 3. The monoisotopic (exact) mass is 323 g/mol. The molecule has 2 aromatic carbocycles. The van der Waals surface area contributed by atoms with Crippen LogP contribution in [-0.2, 0) is 0 Å². The van der Waals surface area contributed by atoms with Crippen LogP contribution < -0.4 is 9.64 Å². The van der Waals surface area contributed by atoms with Crippen molar-refractivity contribution < 1.29 is 9.13 Å². The number of halogens is 1. The van der Waals surface area contributed by atoms with E-state index < -0.39 is 0 Å². The molecule has 24 heavy (non-hydrogen) atoms. The molecule has 0 spiro atoms. The van der Waals surface area contributed by atoms with Crippen LogP contribution in [0.5, 0.6) is 5.75 Å². The molecule has 0 bridgehead atoms. The summed E-state index contributed by atoms with van der Waals surface area (Å²) in [7, 11) is 0. The van der Waals surface area contributed by atoms with E-state index in [0.29, 0.717) is 5.52 Å². The lowest BCUT2D eigenvalue weighted by molar-refractivity contribution is 0.171. The molecule has 4 nitrogen and oxygen atoms in total. The zero-order valence-electron chi connectivity index (χ0n) is 13.2. The predicted molar refractivity (Wildman–Crippen MR) is 91.8 cm³/mol. The fourth-order valence-corrected chi connectivity index (χ4v) is 3.17. The third-order valence-corrected chi connectivity index (χ3v) is 4.38. The highest BCUT2D eigenvalue weighted by atomic mass is 19.1. The summed E-state index contributed by atoms with van der Waals surface area (Å²) in [6.45, 7) is 1.67. The zero-order valence-corrected chi connectivity index (χ0v) is 13.2. The fourth-order valence-electron chi connectivity index (χ4n) is 3.17. The quantitative estimate of drug-likeness (QED) is 0.734. The second-order valence-electron chi connectivity index (χ2n) is 5.95. The lowest BCUT2D eigenvalue weighted by atomic mass is 10.1. The number of benzene rings is 2. The smallest absolute Gasteiger partial charge is 0.149 e. The van der Waals surface area contributed by atoms with Gasteiger partial charge in [0.15, 0.2) is 0 Å². The molecule has 0 saturated carbocycles. The number of fused-ring (bicyclic) bond motifs is 1. The average molecular weight is 323 g/mol. The SMILES string of the molecule is Fc1cccc2c(N3CCC(Oc4ccccc4)CC3)ncnc12. The Hall–Kier alpha value is -2.69. The Bertz CT molecular complexity index is 832. The number of para-hydroxylation sites is 2. The van der Waals surface area contributed by atoms with Gasteiger partial charge in [-0.1, -0.05) is 24.3 Å². The molecule has 122 valence electrons. The van der Waals surface area contributed by atoms with Gasteiger partial charge in [0.05, 0.1) is 0 Å². The number of hydrogen-bond donors (Lipinski definition) is 0. The molecule has 5 heteroatoms. The van der Waals surface area contributed by atoms with Gasteiger partial charge < -0.3 is 9.64 Å². The predicted octanol–water partition coefficient (Wildman–Crippen LogP) is 3.82. The normalized spacial score (nSPS) is 15.6. The molecule has 0 radical (unpaired) electrons. The van der Waals surface area contributed by atoms with Crippen LogP contribution in [0.15, 0.2) is 54.9 Å². The Morgan fingerprint density at radius 3 is 2.54 bits per heavy atom. The molecule has 2 heterocycles. The summed E-state index contributed by atoms with van der Waals surface area (Å²) in [5, 5.41) is 0.764. The second kappa shape index (κ2) is 6.43. The number of hydrogen-bond acceptors (Lipinski definition) is 4. The van der Waals surface area contributed by atoms with E-state index in [2.05, 4.69) is 14.9 Å². The van der Waals surface area contributed by atoms with Gasteiger partial charge in [0.25, 0.3) is 0 Å². The van der Waals surface area contributed by atoms with Crippen molar-refractivity contribution in [1.82, 2.24) is 9.97 Å². The van der Waals surface area contributed by atoms with Crippen LogP contribution in [0.25, 0.3) is 10.9 Å². The number of ether oxygens (including phenoxy) is 1. The Balaban J connectivity index is 1.49. The Kier molecular flexibility index (Phi) is 3.99. The molecule has 1 fully saturated rings. The van der Waals surface area contributed by atoms with Gasteiger partial charge in [-0.05, 0) is 24.3 Å². The summed E-state index contributed by atoms with van der Waals surface area (Å²) in [6.07, 6.45) is 3.46. The van der Waals surface area contributed by atoms with Crippen LogP contribution in [0.4, 0.5) is 10.2 Å². The fraction of sp³-hybridized carbons (Fsp3) is 0.263. The van der Waals surface area contributed by atoms with Crippen LogP contribution in [-0.4, -0.2) is 29.2 Å². The maximum atomic E-state index is 13.9. The maximum Gasteiger partial charge on any atom is 0.149 e. The van der Waals surface area contributed by atoms with Crippen molar-refractivity contribution in [3.63, 3.8) is 0 Å². The third kappa shape index (κ3) is 2.89. The van der Waals surface area contributed by atoms with E-state index in [9.17, 15) is 4.39 Å². The molecule has 0 unspecified atom stereocenters. The van der Waals surface area contributed by atoms with E-state index in [-0.39, 0.29) is 11.9 Å². The molecule has 1 aromatic heterocycles. The van der Waals surface area contributed by atoms with Gasteiger partial charge in [0.2, 0.25) is 0 Å². The molecule has 0 amide bonds. The molecule has 1 saturated heterocycles. The van der Waals surface area contributed by atoms with E-state index in [1.165, 1.54) is 12.4 Å². The molecule has 0 atom stereocenters. The first-order valence-electron chi connectivity index (χ1n) is 8.17. The summed E-state index contributed by atoms with van der Waals surface area (Å²) < 4.78 is 19.9. The minimum atomic E-state index is -0.307. The van der Waals surface area contributed by atoms with Crippen LogP contribution in [0.3, 0.4) is 0 Å². The molecular formula is C19H18FN3O. The molecule has 0 aliphatic carbocycles. The van der Waals surface area contributed by atoms with E-state index in [1.807, 2.05) is 36.4 Å². The highest BCUT2D eigenvalue weighted by Crippen LogP contribution is 2.28. The van der Waals surface area contributed by atoms with Gasteiger partial charge in [-0.2, -0.15) is 0 Å².